The van der Waals surface area contributed by atoms with Gasteiger partial charge in [-0.2, -0.15) is 22.0 Å². The van der Waals surface area contributed by atoms with Gasteiger partial charge in [-0.15, -0.1) is 0 Å². The van der Waals surface area contributed by atoms with Crippen LogP contribution in [0.1, 0.15) is 32.6 Å². The fourth-order valence-electron chi connectivity index (χ4n) is 2.17. The number of aliphatic hydroxyl groups excluding tert-OH is 1. The first-order chi connectivity index (χ1) is 8.94. The van der Waals surface area contributed by atoms with E-state index in [1.165, 1.54) is 6.92 Å². The highest BCUT2D eigenvalue weighted by Crippen LogP contribution is 2.49. The molecule has 0 spiro atoms. The van der Waals surface area contributed by atoms with Gasteiger partial charge in [-0.1, -0.05) is 6.58 Å². The molecule has 0 amide bonds. The van der Waals surface area contributed by atoms with Crippen LogP contribution in [0.4, 0.5) is 22.0 Å². The van der Waals surface area contributed by atoms with Gasteiger partial charge in [0.05, 0.1) is 0 Å². The van der Waals surface area contributed by atoms with Crippen molar-refractivity contribution in [2.75, 3.05) is 0 Å². The molecular weight excluding hydrogens is 287 g/mol. The van der Waals surface area contributed by atoms with Crippen LogP contribution in [-0.4, -0.2) is 34.9 Å². The maximum Gasteiger partial charge on any atom is 0.420 e. The van der Waals surface area contributed by atoms with Gasteiger partial charge in [-0.25, -0.2) is 4.79 Å². The van der Waals surface area contributed by atoms with Gasteiger partial charge >= 0.3 is 18.1 Å². The Labute approximate surface area is 112 Å². The van der Waals surface area contributed by atoms with Crippen molar-refractivity contribution < 1.29 is 36.6 Å². The molecule has 1 aliphatic carbocycles. The lowest BCUT2D eigenvalue weighted by molar-refractivity contribution is -0.314. The molecule has 3 nitrogen and oxygen atoms in total. The highest BCUT2D eigenvalue weighted by Gasteiger charge is 2.68. The highest BCUT2D eigenvalue weighted by molar-refractivity contribution is 5.87. The standard InChI is InChI=1S/C12H15F5O3/c1-7(2)8(18)20-10(5-3-4-6-10)11(13,14)9(19)12(15,16)17/h9,19H,1,3-6H2,2H3. The average molecular weight is 302 g/mol. The largest absolute Gasteiger partial charge is 0.449 e. The van der Waals surface area contributed by atoms with E-state index in [-0.39, 0.29) is 18.4 Å². The van der Waals surface area contributed by atoms with E-state index in [1.807, 2.05) is 0 Å². The first-order valence-corrected chi connectivity index (χ1v) is 5.95. The molecule has 116 valence electrons. The van der Waals surface area contributed by atoms with Crippen LogP contribution in [0.25, 0.3) is 0 Å². The number of alkyl halides is 5. The van der Waals surface area contributed by atoms with Crippen LogP contribution >= 0.6 is 0 Å². The fraction of sp³-hybridized carbons (Fsp3) is 0.750. The topological polar surface area (TPSA) is 46.5 Å². The Hall–Kier alpha value is -1.18. The number of hydrogen-bond donors (Lipinski definition) is 1. The molecule has 0 aliphatic heterocycles. The molecule has 1 saturated carbocycles. The highest BCUT2D eigenvalue weighted by atomic mass is 19.4. The molecule has 1 atom stereocenters. The first-order valence-electron chi connectivity index (χ1n) is 5.95. The molecule has 0 aromatic heterocycles. The molecule has 0 radical (unpaired) electrons. The van der Waals surface area contributed by atoms with Gasteiger partial charge in [0.25, 0.3) is 0 Å². The lowest BCUT2D eigenvalue weighted by Gasteiger charge is -2.39. The van der Waals surface area contributed by atoms with Crippen molar-refractivity contribution in [3.05, 3.63) is 12.2 Å². The number of carbonyl (C=O) groups excluding carboxylic acids is 1. The van der Waals surface area contributed by atoms with Crippen LogP contribution < -0.4 is 0 Å². The lowest BCUT2D eigenvalue weighted by Crippen LogP contribution is -2.60. The number of carbonyl (C=O) groups is 1. The zero-order chi connectivity index (χ0) is 15.8. The minimum Gasteiger partial charge on any atom is -0.449 e. The summed E-state index contributed by atoms with van der Waals surface area (Å²) >= 11 is 0. The summed E-state index contributed by atoms with van der Waals surface area (Å²) in [5.41, 5.74) is -2.84. The van der Waals surface area contributed by atoms with Crippen LogP contribution in [0, 0.1) is 0 Å². The third-order valence-corrected chi connectivity index (χ3v) is 3.31. The van der Waals surface area contributed by atoms with Crippen LogP contribution in [0.3, 0.4) is 0 Å². The number of halogens is 5. The third kappa shape index (κ3) is 2.94. The van der Waals surface area contributed by atoms with E-state index in [9.17, 15) is 26.7 Å². The lowest BCUT2D eigenvalue weighted by atomic mass is 9.88. The first kappa shape index (κ1) is 16.9. The number of ether oxygens (including phenoxy) is 1. The van der Waals surface area contributed by atoms with E-state index in [1.54, 1.807) is 0 Å². The van der Waals surface area contributed by atoms with Crippen molar-refractivity contribution in [2.45, 2.75) is 56.4 Å². The summed E-state index contributed by atoms with van der Waals surface area (Å²) in [7, 11) is 0. The normalized spacial score (nSPS) is 20.6. The van der Waals surface area contributed by atoms with Crippen LogP contribution in [-0.2, 0) is 9.53 Å². The van der Waals surface area contributed by atoms with Gasteiger partial charge in [0.1, 0.15) is 0 Å². The zero-order valence-electron chi connectivity index (χ0n) is 10.8. The Bertz CT molecular complexity index is 396. The quantitative estimate of drug-likeness (QED) is 0.493. The van der Waals surface area contributed by atoms with Crippen LogP contribution in [0.5, 0.6) is 0 Å². The number of hydrogen-bond acceptors (Lipinski definition) is 3. The van der Waals surface area contributed by atoms with Gasteiger partial charge in [-0.3, -0.25) is 0 Å². The molecule has 8 heteroatoms. The third-order valence-electron chi connectivity index (χ3n) is 3.31. The molecule has 1 aliphatic rings. The molecule has 0 aromatic carbocycles. The summed E-state index contributed by atoms with van der Waals surface area (Å²) in [6.45, 7) is 4.40. The summed E-state index contributed by atoms with van der Waals surface area (Å²) in [4.78, 5) is 11.4. The minimum atomic E-state index is -5.51. The second-order valence-electron chi connectivity index (χ2n) is 4.94. The Kier molecular flexibility index (Phi) is 4.48. The molecule has 0 heterocycles. The molecule has 1 rings (SSSR count). The monoisotopic (exact) mass is 302 g/mol. The van der Waals surface area contributed by atoms with Gasteiger partial charge < -0.3 is 9.84 Å². The minimum absolute atomic E-state index is 0.184. The molecule has 1 unspecified atom stereocenters. The zero-order valence-corrected chi connectivity index (χ0v) is 10.8. The van der Waals surface area contributed by atoms with Gasteiger partial charge in [0.2, 0.25) is 6.10 Å². The van der Waals surface area contributed by atoms with Crippen molar-refractivity contribution in [3.63, 3.8) is 0 Å². The molecule has 0 saturated heterocycles. The van der Waals surface area contributed by atoms with Crippen molar-refractivity contribution in [1.82, 2.24) is 0 Å². The Balaban J connectivity index is 3.12. The molecule has 1 N–H and O–H groups in total. The Morgan fingerprint density at radius 3 is 2.05 bits per heavy atom. The van der Waals surface area contributed by atoms with Crippen LogP contribution in [0.15, 0.2) is 12.2 Å². The molecule has 1 fully saturated rings. The second kappa shape index (κ2) is 5.31. The van der Waals surface area contributed by atoms with E-state index in [0.29, 0.717) is 0 Å². The molecule has 0 bridgehead atoms. The van der Waals surface area contributed by atoms with E-state index in [0.717, 1.165) is 0 Å². The number of esters is 1. The van der Waals surface area contributed by atoms with Crippen molar-refractivity contribution in [3.8, 4) is 0 Å². The van der Waals surface area contributed by atoms with E-state index in [4.69, 9.17) is 5.11 Å². The number of rotatable bonds is 4. The predicted molar refractivity (Wildman–Crippen MR) is 59.1 cm³/mol. The maximum absolute atomic E-state index is 14.0. The smallest absolute Gasteiger partial charge is 0.420 e. The SMILES string of the molecule is C=C(C)C(=O)OC1(C(F)(F)C(O)C(F)(F)F)CCCC1. The Morgan fingerprint density at radius 2 is 1.70 bits per heavy atom. The van der Waals surface area contributed by atoms with E-state index < -0.39 is 42.6 Å². The predicted octanol–water partition coefficient (Wildman–Crippen LogP) is 2.98. The molecular formula is C12H15F5O3. The molecule has 20 heavy (non-hydrogen) atoms. The van der Waals surface area contributed by atoms with Crippen molar-refractivity contribution >= 4 is 5.97 Å². The maximum atomic E-state index is 14.0. The second-order valence-corrected chi connectivity index (χ2v) is 4.94. The van der Waals surface area contributed by atoms with Crippen molar-refractivity contribution in [2.24, 2.45) is 0 Å². The summed E-state index contributed by atoms with van der Waals surface area (Å²) in [5, 5.41) is 8.90. The van der Waals surface area contributed by atoms with Gasteiger partial charge in [0.15, 0.2) is 5.60 Å². The van der Waals surface area contributed by atoms with Gasteiger partial charge in [0, 0.05) is 5.57 Å². The van der Waals surface area contributed by atoms with Crippen LogP contribution in [0.2, 0.25) is 0 Å². The average Bonchev–Trinajstić information content (AvgIpc) is 2.76. The Morgan fingerprint density at radius 1 is 1.25 bits per heavy atom. The van der Waals surface area contributed by atoms with Crippen molar-refractivity contribution in [1.29, 1.82) is 0 Å². The van der Waals surface area contributed by atoms with E-state index >= 15 is 0 Å². The summed E-state index contributed by atoms with van der Waals surface area (Å²) in [6, 6.07) is 0. The summed E-state index contributed by atoms with van der Waals surface area (Å²) < 4.78 is 69.8. The number of aliphatic hydroxyl groups is 1. The van der Waals surface area contributed by atoms with Gasteiger partial charge in [-0.05, 0) is 32.6 Å². The summed E-state index contributed by atoms with van der Waals surface area (Å²) in [6.07, 6.45) is -9.90. The summed E-state index contributed by atoms with van der Waals surface area (Å²) in [5.74, 6) is -5.81. The molecule has 0 aromatic rings. The van der Waals surface area contributed by atoms with E-state index in [2.05, 4.69) is 11.3 Å². The fourth-order valence-corrected chi connectivity index (χ4v) is 2.17.